The molecule has 1 atom stereocenters. The molecule has 2 aliphatic rings. The minimum atomic E-state index is 0. The van der Waals surface area contributed by atoms with Crippen LogP contribution in [0.5, 0.6) is 0 Å². The molecular weight excluding hydrogens is 321 g/mol. The van der Waals surface area contributed by atoms with Crippen LogP contribution in [0.4, 0.5) is 11.4 Å². The number of anilines is 2. The van der Waals surface area contributed by atoms with E-state index in [4.69, 9.17) is 0 Å². The number of halogens is 2. The zero-order valence-electron chi connectivity index (χ0n) is 12.7. The predicted molar refractivity (Wildman–Crippen MR) is 96.6 cm³/mol. The Kier molecular flexibility index (Phi) is 8.01. The third-order valence-corrected chi connectivity index (χ3v) is 4.29. The zero-order chi connectivity index (χ0) is 13.8. The monoisotopic (exact) mass is 345 g/mol. The molecule has 2 saturated heterocycles. The van der Waals surface area contributed by atoms with E-state index in [1.54, 1.807) is 0 Å². The molecule has 1 amide bonds. The van der Waals surface area contributed by atoms with Gasteiger partial charge in [-0.1, -0.05) is 12.1 Å². The predicted octanol–water partition coefficient (Wildman–Crippen LogP) is 3.07. The molecule has 0 bridgehead atoms. The van der Waals surface area contributed by atoms with Crippen LogP contribution in [0.25, 0.3) is 0 Å². The summed E-state index contributed by atoms with van der Waals surface area (Å²) in [5.74, 6) is 0.267. The third kappa shape index (κ3) is 4.51. The van der Waals surface area contributed by atoms with Crippen LogP contribution in [-0.4, -0.2) is 32.1 Å². The van der Waals surface area contributed by atoms with Gasteiger partial charge in [0.1, 0.15) is 0 Å². The Hall–Kier alpha value is -0.970. The van der Waals surface area contributed by atoms with Crippen molar-refractivity contribution in [2.75, 3.05) is 36.4 Å². The summed E-state index contributed by atoms with van der Waals surface area (Å²) in [5, 5.41) is 6.37. The number of carbonyl (C=O) groups is 1. The molecule has 0 aliphatic carbocycles. The summed E-state index contributed by atoms with van der Waals surface area (Å²) >= 11 is 0. The maximum absolute atomic E-state index is 12.3. The Morgan fingerprint density at radius 1 is 1.14 bits per heavy atom. The van der Waals surface area contributed by atoms with Crippen molar-refractivity contribution >= 4 is 42.1 Å². The molecule has 2 heterocycles. The van der Waals surface area contributed by atoms with Crippen LogP contribution in [0, 0.1) is 5.92 Å². The van der Waals surface area contributed by atoms with Crippen molar-refractivity contribution < 1.29 is 4.79 Å². The summed E-state index contributed by atoms with van der Waals surface area (Å²) < 4.78 is 0. The molecule has 2 N–H and O–H groups in total. The second-order valence-corrected chi connectivity index (χ2v) is 5.74. The lowest BCUT2D eigenvalue weighted by atomic mass is 10.1. The molecule has 0 radical (unpaired) electrons. The molecule has 2 fully saturated rings. The van der Waals surface area contributed by atoms with Crippen molar-refractivity contribution in [3.63, 3.8) is 0 Å². The molecule has 0 aromatic heterocycles. The zero-order valence-corrected chi connectivity index (χ0v) is 14.3. The lowest BCUT2D eigenvalue weighted by molar-refractivity contribution is -0.119. The summed E-state index contributed by atoms with van der Waals surface area (Å²) in [7, 11) is 0. The molecule has 3 rings (SSSR count). The number of hydrogen-bond acceptors (Lipinski definition) is 3. The summed E-state index contributed by atoms with van der Waals surface area (Å²) in [4.78, 5) is 14.7. The molecule has 0 saturated carbocycles. The Labute approximate surface area is 144 Å². The summed E-state index contributed by atoms with van der Waals surface area (Å²) in [6, 6.07) is 8.19. The molecule has 2 aliphatic heterocycles. The maximum Gasteiger partial charge on any atom is 0.228 e. The Bertz CT molecular complexity index is 472. The highest BCUT2D eigenvalue weighted by Crippen LogP contribution is 2.28. The van der Waals surface area contributed by atoms with Gasteiger partial charge in [0.05, 0.1) is 17.3 Å². The van der Waals surface area contributed by atoms with E-state index in [0.29, 0.717) is 0 Å². The van der Waals surface area contributed by atoms with E-state index in [-0.39, 0.29) is 36.6 Å². The first kappa shape index (κ1) is 19.1. The topological polar surface area (TPSA) is 44.4 Å². The number of nitrogens with one attached hydrogen (secondary N) is 2. The average molecular weight is 346 g/mol. The van der Waals surface area contributed by atoms with Gasteiger partial charge in [-0.2, -0.15) is 0 Å². The van der Waals surface area contributed by atoms with Gasteiger partial charge in [-0.15, -0.1) is 24.8 Å². The van der Waals surface area contributed by atoms with Crippen LogP contribution in [0.2, 0.25) is 0 Å². The van der Waals surface area contributed by atoms with Crippen LogP contribution < -0.4 is 15.5 Å². The van der Waals surface area contributed by atoms with Crippen molar-refractivity contribution in [1.82, 2.24) is 5.32 Å². The lowest BCUT2D eigenvalue weighted by Crippen LogP contribution is -2.31. The Morgan fingerprint density at radius 3 is 2.55 bits per heavy atom. The minimum Gasteiger partial charge on any atom is -0.370 e. The first-order valence-electron chi connectivity index (χ1n) is 7.70. The van der Waals surface area contributed by atoms with E-state index >= 15 is 0 Å². The van der Waals surface area contributed by atoms with Gasteiger partial charge in [0, 0.05) is 19.6 Å². The van der Waals surface area contributed by atoms with Gasteiger partial charge < -0.3 is 15.5 Å². The van der Waals surface area contributed by atoms with E-state index in [1.165, 1.54) is 24.9 Å². The first-order chi connectivity index (χ1) is 9.84. The second-order valence-electron chi connectivity index (χ2n) is 5.74. The van der Waals surface area contributed by atoms with E-state index in [0.717, 1.165) is 38.3 Å². The lowest BCUT2D eigenvalue weighted by Gasteiger charge is -2.30. The minimum absolute atomic E-state index is 0. The molecule has 1 aromatic carbocycles. The van der Waals surface area contributed by atoms with Crippen molar-refractivity contribution in [3.8, 4) is 0 Å². The van der Waals surface area contributed by atoms with Crippen LogP contribution in [0.1, 0.15) is 25.7 Å². The first-order valence-corrected chi connectivity index (χ1v) is 7.70. The molecule has 6 heteroatoms. The third-order valence-electron chi connectivity index (χ3n) is 4.29. The standard InChI is InChI=1S/C16H23N3O.2ClH/c20-16(13-8-9-17-12-13)18-14-6-2-3-7-15(14)19-10-4-1-5-11-19;;/h2-3,6-7,13,17H,1,4-5,8-12H2,(H,18,20);2*1H. The van der Waals surface area contributed by atoms with Crippen molar-refractivity contribution in [3.05, 3.63) is 24.3 Å². The summed E-state index contributed by atoms with van der Waals surface area (Å²) in [5.41, 5.74) is 2.14. The van der Waals surface area contributed by atoms with Gasteiger partial charge in [-0.25, -0.2) is 0 Å². The number of para-hydroxylation sites is 2. The molecule has 4 nitrogen and oxygen atoms in total. The van der Waals surface area contributed by atoms with Crippen LogP contribution >= 0.6 is 24.8 Å². The van der Waals surface area contributed by atoms with Crippen LogP contribution in [-0.2, 0) is 4.79 Å². The highest BCUT2D eigenvalue weighted by Gasteiger charge is 2.23. The van der Waals surface area contributed by atoms with E-state index in [1.807, 2.05) is 12.1 Å². The number of benzene rings is 1. The van der Waals surface area contributed by atoms with Crippen molar-refractivity contribution in [1.29, 1.82) is 0 Å². The normalized spacial score (nSPS) is 20.7. The highest BCUT2D eigenvalue weighted by atomic mass is 35.5. The molecule has 1 unspecified atom stereocenters. The largest absolute Gasteiger partial charge is 0.370 e. The summed E-state index contributed by atoms with van der Waals surface area (Å²) in [6.07, 6.45) is 4.75. The van der Waals surface area contributed by atoms with Gasteiger partial charge in [-0.05, 0) is 44.4 Å². The average Bonchev–Trinajstić information content (AvgIpc) is 3.03. The number of piperidine rings is 1. The fraction of sp³-hybridized carbons (Fsp3) is 0.562. The fourth-order valence-electron chi connectivity index (χ4n) is 3.10. The second kappa shape index (κ2) is 9.23. The molecular formula is C16H25Cl2N3O. The molecule has 22 heavy (non-hydrogen) atoms. The fourth-order valence-corrected chi connectivity index (χ4v) is 3.10. The van der Waals surface area contributed by atoms with Crippen molar-refractivity contribution in [2.45, 2.75) is 25.7 Å². The van der Waals surface area contributed by atoms with Gasteiger partial charge in [-0.3, -0.25) is 4.79 Å². The number of rotatable bonds is 3. The van der Waals surface area contributed by atoms with Crippen LogP contribution in [0.3, 0.4) is 0 Å². The van der Waals surface area contributed by atoms with Gasteiger partial charge >= 0.3 is 0 Å². The van der Waals surface area contributed by atoms with Gasteiger partial charge in [0.15, 0.2) is 0 Å². The van der Waals surface area contributed by atoms with Gasteiger partial charge in [0.2, 0.25) is 5.91 Å². The Balaban J connectivity index is 0.00000121. The Morgan fingerprint density at radius 2 is 1.86 bits per heavy atom. The quantitative estimate of drug-likeness (QED) is 0.884. The van der Waals surface area contributed by atoms with Crippen molar-refractivity contribution in [2.24, 2.45) is 5.92 Å². The highest BCUT2D eigenvalue weighted by molar-refractivity contribution is 5.96. The summed E-state index contributed by atoms with van der Waals surface area (Å²) in [6.45, 7) is 3.94. The molecule has 124 valence electrons. The number of amides is 1. The number of nitrogens with zero attached hydrogens (tertiary/aromatic N) is 1. The molecule has 0 spiro atoms. The van der Waals surface area contributed by atoms with E-state index in [2.05, 4.69) is 27.7 Å². The smallest absolute Gasteiger partial charge is 0.228 e. The molecule has 1 aromatic rings. The van der Waals surface area contributed by atoms with Gasteiger partial charge in [0.25, 0.3) is 0 Å². The maximum atomic E-state index is 12.3. The SMILES string of the molecule is Cl.Cl.O=C(Nc1ccccc1N1CCCCC1)C1CCNC1. The van der Waals surface area contributed by atoms with E-state index in [9.17, 15) is 4.79 Å². The van der Waals surface area contributed by atoms with E-state index < -0.39 is 0 Å². The van der Waals surface area contributed by atoms with Crippen LogP contribution in [0.15, 0.2) is 24.3 Å². The number of hydrogen-bond donors (Lipinski definition) is 2. The number of carbonyl (C=O) groups excluding carboxylic acids is 1.